The lowest BCUT2D eigenvalue weighted by Crippen LogP contribution is -2.30. The zero-order valence-corrected chi connectivity index (χ0v) is 43.8. The summed E-state index contributed by atoms with van der Waals surface area (Å²) in [7, 11) is 0. The first-order valence-corrected chi connectivity index (χ1v) is 28.9. The minimum atomic E-state index is -0.761. The summed E-state index contributed by atoms with van der Waals surface area (Å²) in [5, 5.41) is 0. The van der Waals surface area contributed by atoms with Crippen molar-refractivity contribution in [1.82, 2.24) is 0 Å². The molecule has 1 unspecified atom stereocenters. The van der Waals surface area contributed by atoms with Gasteiger partial charge >= 0.3 is 17.9 Å². The van der Waals surface area contributed by atoms with Crippen molar-refractivity contribution in [2.24, 2.45) is 5.92 Å². The Bertz CT molecular complexity index is 966. The van der Waals surface area contributed by atoms with E-state index in [1.807, 2.05) is 0 Å². The fraction of sp³-hybridized carbons (Fsp3) is 0.948. The third-order valence-electron chi connectivity index (χ3n) is 13.7. The van der Waals surface area contributed by atoms with Crippen LogP contribution in [0.2, 0.25) is 0 Å². The van der Waals surface area contributed by atoms with Crippen LogP contribution in [0.15, 0.2) is 0 Å². The number of carbonyl (C=O) groups is 3. The Hall–Kier alpha value is -1.59. The van der Waals surface area contributed by atoms with Gasteiger partial charge in [-0.25, -0.2) is 0 Å². The maximum absolute atomic E-state index is 12.9. The highest BCUT2D eigenvalue weighted by Crippen LogP contribution is 2.18. The first-order chi connectivity index (χ1) is 31.4. The normalized spacial score (nSPS) is 12.4. The molecule has 0 aliphatic rings. The summed E-state index contributed by atoms with van der Waals surface area (Å²) in [5.41, 5.74) is 0. The first-order valence-electron chi connectivity index (χ1n) is 28.9. The molecule has 6 heteroatoms. The predicted octanol–water partition coefficient (Wildman–Crippen LogP) is 19.0. The van der Waals surface area contributed by atoms with Crippen molar-refractivity contribution in [2.75, 3.05) is 13.2 Å². The van der Waals surface area contributed by atoms with Gasteiger partial charge in [0.05, 0.1) is 0 Å². The number of unbranched alkanes of at least 4 members (excludes halogenated alkanes) is 39. The van der Waals surface area contributed by atoms with Gasteiger partial charge in [-0.3, -0.25) is 14.4 Å². The van der Waals surface area contributed by atoms with Crippen LogP contribution in [0.3, 0.4) is 0 Å². The maximum atomic E-state index is 12.9. The zero-order chi connectivity index (χ0) is 46.7. The summed E-state index contributed by atoms with van der Waals surface area (Å²) < 4.78 is 16.9. The smallest absolute Gasteiger partial charge is 0.306 e. The summed E-state index contributed by atoms with van der Waals surface area (Å²) in [6.07, 6.45) is 56.5. The van der Waals surface area contributed by atoms with Gasteiger partial charge in [0.25, 0.3) is 0 Å². The monoisotopic (exact) mass is 905 g/mol. The summed E-state index contributed by atoms with van der Waals surface area (Å²) in [6, 6.07) is 0. The van der Waals surface area contributed by atoms with E-state index in [4.69, 9.17) is 14.2 Å². The van der Waals surface area contributed by atoms with Crippen LogP contribution >= 0.6 is 0 Å². The molecular weight excluding hydrogens is 793 g/mol. The van der Waals surface area contributed by atoms with Gasteiger partial charge in [0, 0.05) is 19.3 Å². The summed E-state index contributed by atoms with van der Waals surface area (Å²) in [4.78, 5) is 38.1. The van der Waals surface area contributed by atoms with Gasteiger partial charge in [-0.05, 0) is 25.2 Å². The second-order valence-electron chi connectivity index (χ2n) is 20.2. The fourth-order valence-electron chi connectivity index (χ4n) is 8.89. The van der Waals surface area contributed by atoms with E-state index in [-0.39, 0.29) is 31.1 Å². The number of hydrogen-bond acceptors (Lipinski definition) is 6. The molecule has 0 aliphatic heterocycles. The van der Waals surface area contributed by atoms with Crippen molar-refractivity contribution in [3.63, 3.8) is 0 Å². The molecule has 0 aromatic carbocycles. The number of esters is 3. The largest absolute Gasteiger partial charge is 0.462 e. The Morgan fingerprint density at radius 2 is 0.547 bits per heavy atom. The Kier molecular flexibility index (Phi) is 51.1. The molecule has 0 N–H and O–H groups in total. The molecule has 0 saturated carbocycles. The molecule has 0 aliphatic carbocycles. The molecule has 380 valence electrons. The molecule has 0 heterocycles. The minimum absolute atomic E-state index is 0.0618. The number of hydrogen-bond donors (Lipinski definition) is 0. The van der Waals surface area contributed by atoms with E-state index in [9.17, 15) is 14.4 Å². The SMILES string of the molecule is CCCCCCCCCCCCCCCCCC(=O)OC[C@@H](COC(=O)CCCCCCCCCCCCCCC)OC(=O)CCCCCCCCCCCCCCCCC(C)CC. The van der Waals surface area contributed by atoms with Gasteiger partial charge in [-0.2, -0.15) is 0 Å². The van der Waals surface area contributed by atoms with Gasteiger partial charge in [0.1, 0.15) is 13.2 Å². The van der Waals surface area contributed by atoms with Crippen molar-refractivity contribution in [2.45, 2.75) is 336 Å². The zero-order valence-electron chi connectivity index (χ0n) is 43.8. The van der Waals surface area contributed by atoms with Gasteiger partial charge in [-0.15, -0.1) is 0 Å². The number of carbonyl (C=O) groups excluding carboxylic acids is 3. The molecule has 0 fully saturated rings. The summed E-state index contributed by atoms with van der Waals surface area (Å²) in [6.45, 7) is 9.10. The Morgan fingerprint density at radius 3 is 0.812 bits per heavy atom. The van der Waals surface area contributed by atoms with Crippen LogP contribution in [0.5, 0.6) is 0 Å². The second-order valence-corrected chi connectivity index (χ2v) is 20.2. The molecule has 0 aromatic rings. The van der Waals surface area contributed by atoms with Crippen molar-refractivity contribution in [3.8, 4) is 0 Å². The molecule has 0 saturated heterocycles. The molecule has 2 atom stereocenters. The van der Waals surface area contributed by atoms with Gasteiger partial charge in [0.2, 0.25) is 0 Å². The molecule has 0 aromatic heterocycles. The lowest BCUT2D eigenvalue weighted by Gasteiger charge is -2.18. The van der Waals surface area contributed by atoms with Crippen LogP contribution in [0.25, 0.3) is 0 Å². The number of rotatable bonds is 53. The molecule has 0 radical (unpaired) electrons. The van der Waals surface area contributed by atoms with Crippen LogP contribution < -0.4 is 0 Å². The highest BCUT2D eigenvalue weighted by molar-refractivity contribution is 5.71. The topological polar surface area (TPSA) is 78.9 Å². The minimum Gasteiger partial charge on any atom is -0.462 e. The summed E-state index contributed by atoms with van der Waals surface area (Å²) >= 11 is 0. The molecule has 0 rings (SSSR count). The van der Waals surface area contributed by atoms with Crippen LogP contribution in [-0.2, 0) is 28.6 Å². The van der Waals surface area contributed by atoms with E-state index in [0.717, 1.165) is 63.7 Å². The van der Waals surface area contributed by atoms with Crippen molar-refractivity contribution >= 4 is 17.9 Å². The lowest BCUT2D eigenvalue weighted by atomic mass is 9.99. The highest BCUT2D eigenvalue weighted by Gasteiger charge is 2.19. The molecular formula is C58H112O6. The molecule has 64 heavy (non-hydrogen) atoms. The third-order valence-corrected chi connectivity index (χ3v) is 13.7. The quantitative estimate of drug-likeness (QED) is 0.0344. The van der Waals surface area contributed by atoms with E-state index in [2.05, 4.69) is 27.7 Å². The Labute approximate surface area is 399 Å². The predicted molar refractivity (Wildman–Crippen MR) is 275 cm³/mol. The standard InChI is InChI=1S/C58H112O6/c1-5-8-10-12-14-16-18-20-21-26-30-34-38-42-46-50-57(60)63-53-55(52-62-56(59)49-45-41-37-33-29-24-19-17-15-13-11-9-6-2)64-58(61)51-47-43-39-35-31-27-23-22-25-28-32-36-40-44-48-54(4)7-3/h54-55H,5-53H2,1-4H3/t54?,55-/m1/s1. The Balaban J connectivity index is 4.29. The van der Waals surface area contributed by atoms with E-state index < -0.39 is 6.10 Å². The van der Waals surface area contributed by atoms with Crippen molar-refractivity contribution in [3.05, 3.63) is 0 Å². The van der Waals surface area contributed by atoms with Gasteiger partial charge < -0.3 is 14.2 Å². The van der Waals surface area contributed by atoms with E-state index >= 15 is 0 Å². The van der Waals surface area contributed by atoms with Crippen LogP contribution in [0.4, 0.5) is 0 Å². The molecule has 6 nitrogen and oxygen atoms in total. The number of ether oxygens (including phenoxy) is 3. The van der Waals surface area contributed by atoms with Gasteiger partial charge in [-0.1, -0.05) is 291 Å². The summed E-state index contributed by atoms with van der Waals surface area (Å²) in [5.74, 6) is 0.0595. The lowest BCUT2D eigenvalue weighted by molar-refractivity contribution is -0.167. The van der Waals surface area contributed by atoms with Crippen LogP contribution in [-0.4, -0.2) is 37.2 Å². The average Bonchev–Trinajstić information content (AvgIpc) is 3.29. The maximum Gasteiger partial charge on any atom is 0.306 e. The third kappa shape index (κ3) is 49.8. The Morgan fingerprint density at radius 1 is 0.312 bits per heavy atom. The molecule has 0 amide bonds. The van der Waals surface area contributed by atoms with E-state index in [0.29, 0.717) is 19.3 Å². The fourth-order valence-corrected chi connectivity index (χ4v) is 8.89. The molecule has 0 bridgehead atoms. The second kappa shape index (κ2) is 52.4. The van der Waals surface area contributed by atoms with Crippen LogP contribution in [0.1, 0.15) is 329 Å². The highest BCUT2D eigenvalue weighted by atomic mass is 16.6. The van der Waals surface area contributed by atoms with Crippen molar-refractivity contribution < 1.29 is 28.6 Å². The van der Waals surface area contributed by atoms with Crippen molar-refractivity contribution in [1.29, 1.82) is 0 Å². The van der Waals surface area contributed by atoms with E-state index in [1.54, 1.807) is 0 Å². The van der Waals surface area contributed by atoms with Gasteiger partial charge in [0.15, 0.2) is 6.10 Å². The molecule has 0 spiro atoms. The van der Waals surface area contributed by atoms with E-state index in [1.165, 1.54) is 225 Å². The average molecular weight is 906 g/mol. The van der Waals surface area contributed by atoms with Crippen LogP contribution in [0, 0.1) is 5.92 Å². The first kappa shape index (κ1) is 62.4.